The molecule has 3 heterocycles. The van der Waals surface area contributed by atoms with Crippen molar-refractivity contribution in [2.24, 2.45) is 17.8 Å². The van der Waals surface area contributed by atoms with Crippen molar-refractivity contribution in [2.75, 3.05) is 39.3 Å². The maximum Gasteiger partial charge on any atom is 0.408 e. The number of alkyl halides is 3. The number of ether oxygens (including phenoxy) is 2. The van der Waals surface area contributed by atoms with E-state index in [1.54, 1.807) is 56.3 Å². The number of methoxy groups -OCH3 is 1. The van der Waals surface area contributed by atoms with Crippen molar-refractivity contribution in [1.29, 1.82) is 0 Å². The van der Waals surface area contributed by atoms with Gasteiger partial charge in [0.25, 0.3) is 11.8 Å². The van der Waals surface area contributed by atoms with Gasteiger partial charge < -0.3 is 29.7 Å². The van der Waals surface area contributed by atoms with Crippen molar-refractivity contribution >= 4 is 50.4 Å². The first-order chi connectivity index (χ1) is 28.4. The minimum Gasteiger partial charge on any atom is -0.497 e. The highest BCUT2D eigenvalue weighted by Crippen LogP contribution is 2.48. The van der Waals surface area contributed by atoms with Gasteiger partial charge in [-0.2, -0.15) is 4.98 Å². The van der Waals surface area contributed by atoms with Gasteiger partial charge in [-0.15, -0.1) is 0 Å². The number of carbonyl (C=O) groups excluding carboxylic acids is 3. The van der Waals surface area contributed by atoms with Gasteiger partial charge >= 0.3 is 6.09 Å². The second-order valence-electron chi connectivity index (χ2n) is 18.1. The Bertz CT molecular complexity index is 2200. The summed E-state index contributed by atoms with van der Waals surface area (Å²) < 4.78 is 83.5. The minimum absolute atomic E-state index is 0.00170. The maximum absolute atomic E-state index is 15.4. The SMILES string of the molecule is COc1ccc2c(O[C@@H]3C[C@H]4C(=O)N[C@]5(C(=O)NS(=O)(=O)C6(CF)CC6)C[C@H]5C=CCC[C@@H](C)C[C@@H](C)[C@H](N(C(=O)O)C(C)(C)C(C)(F)F)C(=O)N4C3)nc(N(C)C)cc2c1. The number of anilines is 1. The molecule has 4 aliphatic rings. The molecule has 4 amide bonds. The number of halogens is 3. The van der Waals surface area contributed by atoms with E-state index in [0.717, 1.165) is 18.7 Å². The summed E-state index contributed by atoms with van der Waals surface area (Å²) in [6.45, 7) is 4.70. The molecule has 2 saturated carbocycles. The third-order valence-corrected chi connectivity index (χ3v) is 15.2. The summed E-state index contributed by atoms with van der Waals surface area (Å²) in [5.74, 6) is -6.87. The molecule has 1 saturated heterocycles. The molecular formula is C42H57F3N6O9S. The number of nitrogens with one attached hydrogen (secondary N) is 2. The van der Waals surface area contributed by atoms with Gasteiger partial charge in [0.2, 0.25) is 27.7 Å². The fourth-order valence-electron chi connectivity index (χ4n) is 8.61. The van der Waals surface area contributed by atoms with E-state index in [1.807, 2.05) is 17.7 Å². The molecular weight excluding hydrogens is 822 g/mol. The highest BCUT2D eigenvalue weighted by atomic mass is 32.2. The van der Waals surface area contributed by atoms with Crippen LogP contribution in [-0.2, 0) is 24.4 Å². The Labute approximate surface area is 354 Å². The molecule has 0 radical (unpaired) electrons. The lowest BCUT2D eigenvalue weighted by Crippen LogP contribution is -2.66. The summed E-state index contributed by atoms with van der Waals surface area (Å²) in [4.78, 5) is 65.2. The van der Waals surface area contributed by atoms with Crippen LogP contribution in [0.5, 0.6) is 11.6 Å². The standard InChI is InChI=1S/C42H57F3N6O9S/c1-24-11-9-10-12-27-21-42(27,37(54)48-61(57,58)41(23-43)15-16-41)47-34(52)31-20-29(60-35-30-14-13-28(59-8)18-26(30)19-32(46-35)49(6)7)22-50(31)36(53)33(25(2)17-24)51(38(55)56)39(3,4)40(5,44)45/h10,12-14,18-19,24-25,27,29,31,33H,9,11,15-17,20-23H2,1-8H3,(H,47,52)(H,48,54)(H,55,56)/t24-,25-,27-,29-,31+,33+,42-/m1/s1. The quantitative estimate of drug-likeness (QED) is 0.250. The van der Waals surface area contributed by atoms with Crippen molar-refractivity contribution in [1.82, 2.24) is 24.8 Å². The molecule has 0 bridgehead atoms. The predicted octanol–water partition coefficient (Wildman–Crippen LogP) is 5.28. The van der Waals surface area contributed by atoms with Crippen molar-refractivity contribution in [3.63, 3.8) is 0 Å². The van der Waals surface area contributed by atoms with E-state index in [9.17, 15) is 32.3 Å². The number of nitrogens with zero attached hydrogens (tertiary/aromatic N) is 4. The molecule has 336 valence electrons. The molecule has 2 aliphatic heterocycles. The fourth-order valence-corrected chi connectivity index (χ4v) is 10.0. The Balaban J connectivity index is 1.45. The molecule has 15 nitrogen and oxygen atoms in total. The van der Waals surface area contributed by atoms with E-state index in [2.05, 4.69) is 5.32 Å². The van der Waals surface area contributed by atoms with Gasteiger partial charge in [-0.1, -0.05) is 26.0 Å². The van der Waals surface area contributed by atoms with Gasteiger partial charge in [0, 0.05) is 38.7 Å². The molecule has 3 N–H and O–H groups in total. The molecule has 1 aromatic carbocycles. The van der Waals surface area contributed by atoms with E-state index in [0.29, 0.717) is 47.0 Å². The smallest absolute Gasteiger partial charge is 0.408 e. The molecule has 2 aliphatic carbocycles. The third kappa shape index (κ3) is 8.67. The van der Waals surface area contributed by atoms with Gasteiger partial charge in [0.15, 0.2) is 0 Å². The molecule has 61 heavy (non-hydrogen) atoms. The van der Waals surface area contributed by atoms with Crippen LogP contribution in [0, 0.1) is 17.8 Å². The largest absolute Gasteiger partial charge is 0.497 e. The van der Waals surface area contributed by atoms with Crippen LogP contribution in [0.15, 0.2) is 36.4 Å². The number of hydrogen-bond donors (Lipinski definition) is 3. The van der Waals surface area contributed by atoms with Gasteiger partial charge in [-0.05, 0) is 93.9 Å². The van der Waals surface area contributed by atoms with Crippen LogP contribution in [0.25, 0.3) is 10.8 Å². The molecule has 19 heteroatoms. The lowest BCUT2D eigenvalue weighted by molar-refractivity contribution is -0.156. The number of carboxylic acid groups (broad SMARTS) is 1. The number of carbonyl (C=O) groups is 4. The van der Waals surface area contributed by atoms with Crippen LogP contribution in [0.4, 0.5) is 23.8 Å². The second kappa shape index (κ2) is 16.5. The number of hydrogen-bond acceptors (Lipinski definition) is 10. The zero-order valence-electron chi connectivity index (χ0n) is 35.8. The fraction of sp³-hybridized carbons (Fsp3) is 0.643. The van der Waals surface area contributed by atoms with Crippen LogP contribution >= 0.6 is 0 Å². The Morgan fingerprint density at radius 2 is 1.80 bits per heavy atom. The Morgan fingerprint density at radius 3 is 2.39 bits per heavy atom. The third-order valence-electron chi connectivity index (χ3n) is 13.1. The maximum atomic E-state index is 15.4. The normalized spacial score (nSPS) is 28.1. The zero-order valence-corrected chi connectivity index (χ0v) is 36.7. The van der Waals surface area contributed by atoms with E-state index in [-0.39, 0.29) is 50.4 Å². The Kier molecular flexibility index (Phi) is 12.3. The molecule has 3 fully saturated rings. The molecule has 0 unspecified atom stereocenters. The van der Waals surface area contributed by atoms with Crippen LogP contribution in [0.2, 0.25) is 0 Å². The van der Waals surface area contributed by atoms with Gasteiger partial charge in [-0.3, -0.25) is 24.0 Å². The summed E-state index contributed by atoms with van der Waals surface area (Å²) in [5.41, 5.74) is -4.20. The highest BCUT2D eigenvalue weighted by molar-refractivity contribution is 7.91. The molecule has 7 atom stereocenters. The number of sulfonamides is 1. The summed E-state index contributed by atoms with van der Waals surface area (Å²) >= 11 is 0. The number of pyridine rings is 1. The van der Waals surface area contributed by atoms with Crippen molar-refractivity contribution in [3.8, 4) is 11.6 Å². The van der Waals surface area contributed by atoms with Crippen LogP contribution in [-0.4, -0.2) is 126 Å². The topological polar surface area (TPSA) is 188 Å². The molecule has 0 spiro atoms. The summed E-state index contributed by atoms with van der Waals surface area (Å²) in [7, 11) is 0.607. The average Bonchev–Trinajstić information content (AvgIpc) is 4.08. The monoisotopic (exact) mass is 878 g/mol. The minimum atomic E-state index is -4.48. The summed E-state index contributed by atoms with van der Waals surface area (Å²) in [6, 6.07) is 3.91. The van der Waals surface area contributed by atoms with E-state index >= 15 is 13.6 Å². The number of rotatable bonds is 11. The lowest BCUT2D eigenvalue weighted by Gasteiger charge is -2.47. The van der Waals surface area contributed by atoms with Gasteiger partial charge in [-0.25, -0.2) is 26.4 Å². The number of aromatic nitrogens is 1. The first kappa shape index (κ1) is 45.7. The summed E-state index contributed by atoms with van der Waals surface area (Å²) in [5, 5.41) is 14.7. The van der Waals surface area contributed by atoms with Crippen LogP contribution in [0.3, 0.4) is 0 Å². The molecule has 1 aromatic heterocycles. The Morgan fingerprint density at radius 1 is 1.11 bits per heavy atom. The number of allylic oxidation sites excluding steroid dienone is 1. The number of fused-ring (bicyclic) bond motifs is 3. The average molecular weight is 879 g/mol. The predicted molar refractivity (Wildman–Crippen MR) is 221 cm³/mol. The highest BCUT2D eigenvalue weighted by Gasteiger charge is 2.64. The van der Waals surface area contributed by atoms with E-state index in [1.165, 1.54) is 7.11 Å². The Hall–Kier alpha value is -4.81. The van der Waals surface area contributed by atoms with Crippen LogP contribution < -0.4 is 24.4 Å². The number of amides is 4. The van der Waals surface area contributed by atoms with Crippen molar-refractivity contribution in [2.45, 2.75) is 119 Å². The molecule has 2 aromatic rings. The van der Waals surface area contributed by atoms with Crippen LogP contribution in [0.1, 0.15) is 79.6 Å². The van der Waals surface area contributed by atoms with Crippen molar-refractivity contribution in [3.05, 3.63) is 36.4 Å². The summed E-state index contributed by atoms with van der Waals surface area (Å²) in [6.07, 6.45) is 1.90. The van der Waals surface area contributed by atoms with Crippen molar-refractivity contribution < 1.29 is 55.3 Å². The zero-order chi connectivity index (χ0) is 45.0. The first-order valence-corrected chi connectivity index (χ1v) is 22.0. The molecule has 6 rings (SSSR count). The van der Waals surface area contributed by atoms with Gasteiger partial charge in [0.05, 0.1) is 13.7 Å². The van der Waals surface area contributed by atoms with E-state index in [4.69, 9.17) is 14.5 Å². The van der Waals surface area contributed by atoms with E-state index < -0.39 is 92.3 Å². The lowest BCUT2D eigenvalue weighted by atomic mass is 9.84. The number of benzene rings is 1. The van der Waals surface area contributed by atoms with Gasteiger partial charge in [0.1, 0.15) is 52.3 Å². The second-order valence-corrected chi connectivity index (χ2v) is 20.2. The first-order valence-electron chi connectivity index (χ1n) is 20.6.